The first-order chi connectivity index (χ1) is 12.1. The molecule has 1 aromatic carbocycles. The number of fused-ring (bicyclic) bond motifs is 2. The molecule has 4 atom stereocenters. The van der Waals surface area contributed by atoms with Crippen molar-refractivity contribution in [3.8, 4) is 0 Å². The van der Waals surface area contributed by atoms with Gasteiger partial charge in [-0.3, -0.25) is 9.69 Å². The van der Waals surface area contributed by atoms with Crippen LogP contribution in [-0.2, 0) is 19.0 Å². The summed E-state index contributed by atoms with van der Waals surface area (Å²) >= 11 is 2.31. The minimum atomic E-state index is -0.267. The van der Waals surface area contributed by atoms with Crippen molar-refractivity contribution >= 4 is 28.6 Å². The Morgan fingerprint density at radius 2 is 1.88 bits per heavy atom. The van der Waals surface area contributed by atoms with Crippen molar-refractivity contribution in [1.29, 1.82) is 0 Å². The molecule has 0 aliphatic carbocycles. The van der Waals surface area contributed by atoms with Gasteiger partial charge in [-0.1, -0.05) is 12.1 Å². The smallest absolute Gasteiger partial charge is 0.310 e. The van der Waals surface area contributed by atoms with Gasteiger partial charge in [-0.2, -0.15) is 0 Å². The Balaban J connectivity index is 1.88. The summed E-state index contributed by atoms with van der Waals surface area (Å²) < 4.78 is 17.2. The normalized spacial score (nSPS) is 29.2. The molecule has 0 unspecified atom stereocenters. The molecule has 6 heteroatoms. The van der Waals surface area contributed by atoms with Crippen molar-refractivity contribution in [2.75, 3.05) is 27.9 Å². The number of nitrogens with zero attached hydrogens (tertiary/aromatic N) is 1. The summed E-state index contributed by atoms with van der Waals surface area (Å²) in [6, 6.07) is 9.19. The van der Waals surface area contributed by atoms with Gasteiger partial charge in [0.15, 0.2) is 6.29 Å². The summed E-state index contributed by atoms with van der Waals surface area (Å²) in [7, 11) is 4.81. The van der Waals surface area contributed by atoms with Crippen LogP contribution in [0.4, 0.5) is 0 Å². The summed E-state index contributed by atoms with van der Waals surface area (Å²) in [6.45, 7) is 0.690. The highest BCUT2D eigenvalue weighted by atomic mass is 127. The number of hydrogen-bond acceptors (Lipinski definition) is 5. The Morgan fingerprint density at radius 3 is 2.48 bits per heavy atom. The molecule has 2 heterocycles. The van der Waals surface area contributed by atoms with E-state index in [2.05, 4.69) is 51.8 Å². The highest BCUT2D eigenvalue weighted by Gasteiger charge is 2.51. The predicted molar refractivity (Wildman–Crippen MR) is 103 cm³/mol. The van der Waals surface area contributed by atoms with E-state index in [1.807, 2.05) is 0 Å². The summed E-state index contributed by atoms with van der Waals surface area (Å²) in [5.74, 6) is -0.0369. The minimum Gasteiger partial charge on any atom is -0.469 e. The van der Waals surface area contributed by atoms with Crippen molar-refractivity contribution < 1.29 is 19.0 Å². The predicted octanol–water partition coefficient (Wildman–Crippen LogP) is 3.02. The fourth-order valence-electron chi connectivity index (χ4n) is 4.53. The zero-order chi connectivity index (χ0) is 18.0. The minimum absolute atomic E-state index is 0.106. The number of rotatable bonds is 6. The van der Waals surface area contributed by atoms with Crippen molar-refractivity contribution in [1.82, 2.24) is 4.90 Å². The second-order valence-corrected chi connectivity index (χ2v) is 8.08. The standard InChI is InChI=1S/C19H26INO4/c1-23-17(24-2)11-21-14-8-9-16(21)18(19(22)25-3)15(10-14)12-4-6-13(20)7-5-12/h4-7,14-18H,8-11H2,1-3H3/t14-,15+,16+,18-/m0/s1. The number of hydrogen-bond donors (Lipinski definition) is 0. The lowest BCUT2D eigenvalue weighted by Gasteiger charge is -2.44. The van der Waals surface area contributed by atoms with Crippen LogP contribution in [0.3, 0.4) is 0 Å². The maximum atomic E-state index is 12.7. The number of carbonyl (C=O) groups excluding carboxylic acids is 1. The molecule has 138 valence electrons. The van der Waals surface area contributed by atoms with Crippen LogP contribution in [0.1, 0.15) is 30.7 Å². The SMILES string of the molecule is COC(=O)[C@H]1[C@@H](c2ccc(I)cc2)C[C@@H]2CC[C@H]1N2CC(OC)OC. The molecule has 1 aromatic rings. The molecule has 2 saturated heterocycles. The van der Waals surface area contributed by atoms with Gasteiger partial charge in [0.2, 0.25) is 0 Å². The van der Waals surface area contributed by atoms with Crippen LogP contribution in [0.15, 0.2) is 24.3 Å². The molecule has 0 radical (unpaired) electrons. The van der Waals surface area contributed by atoms with E-state index in [1.165, 1.54) is 16.2 Å². The molecule has 2 fully saturated rings. The van der Waals surface area contributed by atoms with Gasteiger partial charge in [0.25, 0.3) is 0 Å². The molecule has 25 heavy (non-hydrogen) atoms. The van der Waals surface area contributed by atoms with Crippen LogP contribution in [0.2, 0.25) is 0 Å². The van der Waals surface area contributed by atoms with E-state index >= 15 is 0 Å². The Labute approximate surface area is 163 Å². The fraction of sp³-hybridized carbons (Fsp3) is 0.632. The lowest BCUT2D eigenvalue weighted by atomic mass is 9.76. The first-order valence-electron chi connectivity index (χ1n) is 8.73. The fourth-order valence-corrected chi connectivity index (χ4v) is 4.88. The zero-order valence-corrected chi connectivity index (χ0v) is 17.1. The van der Waals surface area contributed by atoms with Gasteiger partial charge >= 0.3 is 5.97 Å². The quantitative estimate of drug-likeness (QED) is 0.372. The van der Waals surface area contributed by atoms with Gasteiger partial charge in [0, 0.05) is 35.8 Å². The number of ether oxygens (including phenoxy) is 3. The van der Waals surface area contributed by atoms with Crippen LogP contribution in [-0.4, -0.2) is 57.1 Å². The van der Waals surface area contributed by atoms with E-state index < -0.39 is 0 Å². The van der Waals surface area contributed by atoms with Crippen LogP contribution < -0.4 is 0 Å². The van der Waals surface area contributed by atoms with Gasteiger partial charge < -0.3 is 14.2 Å². The molecule has 0 saturated carbocycles. The molecule has 2 aliphatic rings. The summed E-state index contributed by atoms with van der Waals surface area (Å²) in [5.41, 5.74) is 1.24. The third-order valence-corrected chi connectivity index (χ3v) is 6.44. The second kappa shape index (κ2) is 8.33. The van der Waals surface area contributed by atoms with E-state index in [0.717, 1.165) is 19.3 Å². The summed E-state index contributed by atoms with van der Waals surface area (Å²) in [5, 5.41) is 0. The van der Waals surface area contributed by atoms with Gasteiger partial charge in [0.05, 0.1) is 19.6 Å². The number of benzene rings is 1. The number of esters is 1. The lowest BCUT2D eigenvalue weighted by molar-refractivity contribution is -0.155. The Bertz CT molecular complexity index is 590. The van der Waals surface area contributed by atoms with Crippen molar-refractivity contribution in [3.05, 3.63) is 33.4 Å². The van der Waals surface area contributed by atoms with Gasteiger partial charge in [-0.25, -0.2) is 0 Å². The zero-order valence-electron chi connectivity index (χ0n) is 15.0. The first-order valence-corrected chi connectivity index (χ1v) is 9.81. The first kappa shape index (κ1) is 19.1. The highest BCUT2D eigenvalue weighted by molar-refractivity contribution is 14.1. The Morgan fingerprint density at radius 1 is 1.20 bits per heavy atom. The van der Waals surface area contributed by atoms with E-state index in [-0.39, 0.29) is 30.1 Å². The maximum absolute atomic E-state index is 12.7. The Kier molecular flexibility index (Phi) is 6.35. The number of carbonyl (C=O) groups is 1. The van der Waals surface area contributed by atoms with E-state index in [0.29, 0.717) is 12.6 Å². The third-order valence-electron chi connectivity index (χ3n) is 5.72. The average Bonchev–Trinajstić information content (AvgIpc) is 2.90. The van der Waals surface area contributed by atoms with E-state index in [9.17, 15) is 4.79 Å². The van der Waals surface area contributed by atoms with Crippen LogP contribution in [0.5, 0.6) is 0 Å². The molecule has 5 nitrogen and oxygen atoms in total. The maximum Gasteiger partial charge on any atom is 0.310 e. The molecule has 2 aliphatic heterocycles. The average molecular weight is 459 g/mol. The van der Waals surface area contributed by atoms with Crippen molar-refractivity contribution in [2.45, 2.75) is 43.6 Å². The number of halogens is 1. The van der Waals surface area contributed by atoms with Crippen molar-refractivity contribution in [3.63, 3.8) is 0 Å². The number of piperidine rings is 1. The third kappa shape index (κ3) is 3.86. The van der Waals surface area contributed by atoms with Crippen LogP contribution in [0, 0.1) is 9.49 Å². The molecule has 0 aromatic heterocycles. The van der Waals surface area contributed by atoms with Gasteiger partial charge in [-0.15, -0.1) is 0 Å². The molecule has 0 N–H and O–H groups in total. The second-order valence-electron chi connectivity index (χ2n) is 6.84. The lowest BCUT2D eigenvalue weighted by Crippen LogP contribution is -2.53. The van der Waals surface area contributed by atoms with Gasteiger partial charge in [-0.05, 0) is 59.5 Å². The molecular weight excluding hydrogens is 433 g/mol. The summed E-state index contributed by atoms with van der Waals surface area (Å²) in [6.07, 6.45) is 2.83. The Hall–Kier alpha value is -0.700. The molecule has 2 bridgehead atoms. The van der Waals surface area contributed by atoms with E-state index in [4.69, 9.17) is 14.2 Å². The topological polar surface area (TPSA) is 48.0 Å². The largest absolute Gasteiger partial charge is 0.469 e. The molecule has 0 spiro atoms. The summed E-state index contributed by atoms with van der Waals surface area (Å²) in [4.78, 5) is 15.1. The van der Waals surface area contributed by atoms with Crippen molar-refractivity contribution in [2.24, 2.45) is 5.92 Å². The highest BCUT2D eigenvalue weighted by Crippen LogP contribution is 2.47. The van der Waals surface area contributed by atoms with Gasteiger partial charge in [0.1, 0.15) is 0 Å². The molecule has 3 rings (SSSR count). The van der Waals surface area contributed by atoms with E-state index in [1.54, 1.807) is 14.2 Å². The molecule has 0 amide bonds. The monoisotopic (exact) mass is 459 g/mol. The number of methoxy groups -OCH3 is 3. The molecular formula is C19H26INO4. The van der Waals surface area contributed by atoms with Crippen LogP contribution in [0.25, 0.3) is 0 Å². The van der Waals surface area contributed by atoms with Crippen LogP contribution >= 0.6 is 22.6 Å².